The van der Waals surface area contributed by atoms with Gasteiger partial charge >= 0.3 is 0 Å². The zero-order chi connectivity index (χ0) is 6.69. The standard InChI is InChI=1S/C7H9N2/c1-9(2)7-5-3-4-6-8-7/h4-6H,1-2H3. The van der Waals surface area contributed by atoms with Crippen molar-refractivity contribution >= 4 is 5.82 Å². The molecule has 0 aliphatic carbocycles. The average Bonchev–Trinajstić information content (AvgIpc) is 1.90. The van der Waals surface area contributed by atoms with Gasteiger partial charge in [0, 0.05) is 20.3 Å². The summed E-state index contributed by atoms with van der Waals surface area (Å²) in [4.78, 5) is 6.01. The number of nitrogens with zero attached hydrogens (tertiary/aromatic N) is 2. The van der Waals surface area contributed by atoms with Crippen molar-refractivity contribution in [2.75, 3.05) is 19.0 Å². The van der Waals surface area contributed by atoms with E-state index in [2.05, 4.69) is 11.1 Å². The smallest absolute Gasteiger partial charge is 0.128 e. The minimum atomic E-state index is 0.942. The maximum Gasteiger partial charge on any atom is 0.128 e. The summed E-state index contributed by atoms with van der Waals surface area (Å²) >= 11 is 0. The third kappa shape index (κ3) is 1.42. The molecule has 0 aromatic carbocycles. The van der Waals surface area contributed by atoms with E-state index < -0.39 is 0 Å². The summed E-state index contributed by atoms with van der Waals surface area (Å²) in [6.07, 6.45) is 1.73. The van der Waals surface area contributed by atoms with E-state index >= 15 is 0 Å². The van der Waals surface area contributed by atoms with Gasteiger partial charge in [-0.05, 0) is 18.2 Å². The van der Waals surface area contributed by atoms with E-state index in [0.29, 0.717) is 0 Å². The predicted molar refractivity (Wildman–Crippen MR) is 37.4 cm³/mol. The predicted octanol–water partition coefficient (Wildman–Crippen LogP) is 0.948. The van der Waals surface area contributed by atoms with Crippen molar-refractivity contribution in [2.24, 2.45) is 0 Å². The number of hydrogen-bond acceptors (Lipinski definition) is 2. The molecule has 0 fully saturated rings. The summed E-state index contributed by atoms with van der Waals surface area (Å²) in [5, 5.41) is 0. The third-order valence-electron chi connectivity index (χ3n) is 1.05. The molecule has 1 heterocycles. The molecule has 0 amide bonds. The SMILES string of the molecule is CN(C)c1c[c]ccn1. The molecule has 0 unspecified atom stereocenters. The first-order chi connectivity index (χ1) is 4.30. The highest BCUT2D eigenvalue weighted by molar-refractivity contribution is 5.34. The van der Waals surface area contributed by atoms with Gasteiger partial charge in [-0.15, -0.1) is 0 Å². The van der Waals surface area contributed by atoms with Crippen LogP contribution in [0.25, 0.3) is 0 Å². The molecule has 0 saturated heterocycles. The summed E-state index contributed by atoms with van der Waals surface area (Å²) in [6.45, 7) is 0. The summed E-state index contributed by atoms with van der Waals surface area (Å²) < 4.78 is 0. The molecule has 2 nitrogen and oxygen atoms in total. The van der Waals surface area contributed by atoms with Gasteiger partial charge in [0.2, 0.25) is 0 Å². The van der Waals surface area contributed by atoms with E-state index in [1.54, 1.807) is 12.3 Å². The zero-order valence-electron chi connectivity index (χ0n) is 5.63. The monoisotopic (exact) mass is 121 g/mol. The van der Waals surface area contributed by atoms with Gasteiger partial charge in [-0.25, -0.2) is 4.98 Å². The molecule has 1 radical (unpaired) electrons. The van der Waals surface area contributed by atoms with Crippen molar-refractivity contribution in [1.82, 2.24) is 4.98 Å². The summed E-state index contributed by atoms with van der Waals surface area (Å²) in [5.74, 6) is 0.942. The van der Waals surface area contributed by atoms with Gasteiger partial charge in [-0.3, -0.25) is 0 Å². The summed E-state index contributed by atoms with van der Waals surface area (Å²) in [6, 6.07) is 6.57. The van der Waals surface area contributed by atoms with Crippen molar-refractivity contribution in [3.8, 4) is 0 Å². The molecule has 47 valence electrons. The lowest BCUT2D eigenvalue weighted by Crippen LogP contribution is -2.09. The van der Waals surface area contributed by atoms with Crippen molar-refractivity contribution in [3.05, 3.63) is 24.4 Å². The second-order valence-corrected chi connectivity index (χ2v) is 2.01. The largest absolute Gasteiger partial charge is 0.363 e. The van der Waals surface area contributed by atoms with Gasteiger partial charge in [0.05, 0.1) is 0 Å². The van der Waals surface area contributed by atoms with Gasteiger partial charge < -0.3 is 4.90 Å². The lowest BCUT2D eigenvalue weighted by molar-refractivity contribution is 1.07. The molecule has 1 aromatic rings. The molecular weight excluding hydrogens is 112 g/mol. The lowest BCUT2D eigenvalue weighted by atomic mass is 10.4. The minimum Gasteiger partial charge on any atom is -0.363 e. The molecule has 0 N–H and O–H groups in total. The molecule has 0 bridgehead atoms. The van der Waals surface area contributed by atoms with E-state index in [1.165, 1.54) is 0 Å². The maximum atomic E-state index is 4.07. The van der Waals surface area contributed by atoms with E-state index in [9.17, 15) is 0 Å². The average molecular weight is 121 g/mol. The van der Waals surface area contributed by atoms with Crippen LogP contribution in [0.2, 0.25) is 0 Å². The molecule has 0 aliphatic heterocycles. The summed E-state index contributed by atoms with van der Waals surface area (Å²) in [7, 11) is 3.91. The molecule has 0 saturated carbocycles. The van der Waals surface area contributed by atoms with Crippen LogP contribution in [-0.2, 0) is 0 Å². The Morgan fingerprint density at radius 1 is 1.56 bits per heavy atom. The molecular formula is C7H9N2. The highest BCUT2D eigenvalue weighted by atomic mass is 15.1. The van der Waals surface area contributed by atoms with Gasteiger partial charge in [0.25, 0.3) is 0 Å². The van der Waals surface area contributed by atoms with Crippen molar-refractivity contribution < 1.29 is 0 Å². The van der Waals surface area contributed by atoms with Crippen LogP contribution in [0.4, 0.5) is 5.82 Å². The van der Waals surface area contributed by atoms with E-state index in [0.717, 1.165) is 5.82 Å². The van der Waals surface area contributed by atoms with Gasteiger partial charge in [0.15, 0.2) is 0 Å². The fourth-order valence-corrected chi connectivity index (χ4v) is 0.561. The Balaban J connectivity index is 2.85. The Hall–Kier alpha value is -1.05. The first kappa shape index (κ1) is 6.08. The Bertz CT molecular complexity index is 170. The van der Waals surface area contributed by atoms with Crippen LogP contribution >= 0.6 is 0 Å². The molecule has 0 spiro atoms. The molecule has 2 heteroatoms. The Morgan fingerprint density at radius 2 is 2.33 bits per heavy atom. The lowest BCUT2D eigenvalue weighted by Gasteiger charge is -2.08. The number of anilines is 1. The highest BCUT2D eigenvalue weighted by Crippen LogP contribution is 2.01. The van der Waals surface area contributed by atoms with E-state index in [-0.39, 0.29) is 0 Å². The highest BCUT2D eigenvalue weighted by Gasteiger charge is 1.89. The van der Waals surface area contributed by atoms with Gasteiger partial charge in [-0.2, -0.15) is 0 Å². The number of pyridine rings is 1. The molecule has 9 heavy (non-hydrogen) atoms. The molecule has 0 aliphatic rings. The van der Waals surface area contributed by atoms with Crippen LogP contribution in [0.15, 0.2) is 18.3 Å². The fourth-order valence-electron chi connectivity index (χ4n) is 0.561. The fraction of sp³-hybridized carbons (Fsp3) is 0.286. The zero-order valence-corrected chi connectivity index (χ0v) is 5.63. The minimum absolute atomic E-state index is 0.942. The second kappa shape index (κ2) is 2.49. The van der Waals surface area contributed by atoms with Crippen LogP contribution in [0.3, 0.4) is 0 Å². The Morgan fingerprint density at radius 3 is 2.67 bits per heavy atom. The quantitative estimate of drug-likeness (QED) is 0.550. The van der Waals surface area contributed by atoms with E-state index in [1.807, 2.05) is 25.1 Å². The van der Waals surface area contributed by atoms with Gasteiger partial charge in [0.1, 0.15) is 5.82 Å². The van der Waals surface area contributed by atoms with Crippen molar-refractivity contribution in [2.45, 2.75) is 0 Å². The normalized spacial score (nSPS) is 9.11. The topological polar surface area (TPSA) is 16.1 Å². The Labute approximate surface area is 55.1 Å². The van der Waals surface area contributed by atoms with Crippen LogP contribution in [0.5, 0.6) is 0 Å². The van der Waals surface area contributed by atoms with Crippen molar-refractivity contribution in [1.29, 1.82) is 0 Å². The Kier molecular flexibility index (Phi) is 1.68. The number of hydrogen-bond donors (Lipinski definition) is 0. The molecule has 1 aromatic heterocycles. The summed E-state index contributed by atoms with van der Waals surface area (Å²) in [5.41, 5.74) is 0. The van der Waals surface area contributed by atoms with Gasteiger partial charge in [-0.1, -0.05) is 0 Å². The molecule has 0 atom stereocenters. The van der Waals surface area contributed by atoms with Crippen LogP contribution in [0, 0.1) is 6.07 Å². The number of rotatable bonds is 1. The van der Waals surface area contributed by atoms with Crippen molar-refractivity contribution in [3.63, 3.8) is 0 Å². The maximum absolute atomic E-state index is 4.07. The van der Waals surface area contributed by atoms with Crippen LogP contribution < -0.4 is 4.90 Å². The third-order valence-corrected chi connectivity index (χ3v) is 1.05. The number of aromatic nitrogens is 1. The molecule has 1 rings (SSSR count). The van der Waals surface area contributed by atoms with Crippen LogP contribution in [0.1, 0.15) is 0 Å². The van der Waals surface area contributed by atoms with E-state index in [4.69, 9.17) is 0 Å². The first-order valence-electron chi connectivity index (χ1n) is 2.80. The second-order valence-electron chi connectivity index (χ2n) is 2.01. The van der Waals surface area contributed by atoms with Crippen LogP contribution in [-0.4, -0.2) is 19.1 Å². The first-order valence-corrected chi connectivity index (χ1v) is 2.80.